The van der Waals surface area contributed by atoms with Gasteiger partial charge in [-0.25, -0.2) is 4.79 Å². The molecule has 5 nitrogen and oxygen atoms in total. The molecule has 0 N–H and O–H groups in total. The molecule has 1 fully saturated rings. The summed E-state index contributed by atoms with van der Waals surface area (Å²) in [7, 11) is 0. The minimum absolute atomic E-state index is 0.107. The van der Waals surface area contributed by atoms with E-state index in [1.54, 1.807) is 13.0 Å². The van der Waals surface area contributed by atoms with Crippen molar-refractivity contribution >= 4 is 5.97 Å². The Hall–Kier alpha value is -1.80. The SMILES string of the molecule is Cc1occc1C(=O)OCC1(C#N)CCOCC1. The van der Waals surface area contributed by atoms with E-state index in [1.165, 1.54) is 6.26 Å². The number of esters is 1. The topological polar surface area (TPSA) is 72.5 Å². The molecule has 1 aliphatic heterocycles. The summed E-state index contributed by atoms with van der Waals surface area (Å²) in [5.74, 6) is 0.0837. The van der Waals surface area contributed by atoms with Gasteiger partial charge in [-0.1, -0.05) is 0 Å². The molecule has 96 valence electrons. The Morgan fingerprint density at radius 2 is 2.28 bits per heavy atom. The van der Waals surface area contributed by atoms with E-state index >= 15 is 0 Å². The summed E-state index contributed by atoms with van der Waals surface area (Å²) in [6, 6.07) is 3.82. The molecular weight excluding hydrogens is 234 g/mol. The van der Waals surface area contributed by atoms with Gasteiger partial charge in [-0.15, -0.1) is 0 Å². The van der Waals surface area contributed by atoms with Gasteiger partial charge in [0, 0.05) is 13.2 Å². The third-order valence-electron chi connectivity index (χ3n) is 3.25. The fourth-order valence-electron chi connectivity index (χ4n) is 1.93. The van der Waals surface area contributed by atoms with Crippen LogP contribution in [0.3, 0.4) is 0 Å². The zero-order valence-electron chi connectivity index (χ0n) is 10.3. The van der Waals surface area contributed by atoms with Crippen molar-refractivity contribution in [2.45, 2.75) is 19.8 Å². The summed E-state index contributed by atoms with van der Waals surface area (Å²) in [5.41, 5.74) is -0.193. The molecule has 0 aliphatic carbocycles. The van der Waals surface area contributed by atoms with E-state index in [0.717, 1.165) is 0 Å². The normalized spacial score (nSPS) is 18.0. The Morgan fingerprint density at radius 3 is 2.83 bits per heavy atom. The summed E-state index contributed by atoms with van der Waals surface area (Å²) in [5, 5.41) is 9.22. The highest BCUT2D eigenvalue weighted by Crippen LogP contribution is 2.30. The van der Waals surface area contributed by atoms with Crippen LogP contribution in [-0.4, -0.2) is 25.8 Å². The van der Waals surface area contributed by atoms with Crippen LogP contribution < -0.4 is 0 Å². The zero-order chi connectivity index (χ0) is 13.0. The molecule has 1 aromatic rings. The number of carbonyl (C=O) groups excluding carboxylic acids is 1. The molecular formula is C13H15NO4. The highest BCUT2D eigenvalue weighted by molar-refractivity contribution is 5.90. The molecule has 0 amide bonds. The minimum Gasteiger partial charge on any atom is -0.469 e. The van der Waals surface area contributed by atoms with E-state index in [-0.39, 0.29) is 6.61 Å². The third kappa shape index (κ3) is 2.54. The Balaban J connectivity index is 1.97. The molecule has 0 spiro atoms. The smallest absolute Gasteiger partial charge is 0.341 e. The molecule has 18 heavy (non-hydrogen) atoms. The molecule has 0 radical (unpaired) electrons. The highest BCUT2D eigenvalue weighted by atomic mass is 16.5. The average Bonchev–Trinajstić information content (AvgIpc) is 2.83. The standard InChI is InChI=1S/C13H15NO4/c1-10-11(2-5-17-10)12(15)18-9-13(8-14)3-6-16-7-4-13/h2,5H,3-4,6-7,9H2,1H3. The van der Waals surface area contributed by atoms with Gasteiger partial charge in [0.25, 0.3) is 0 Å². The first kappa shape index (κ1) is 12.7. The number of rotatable bonds is 3. The molecule has 1 saturated heterocycles. The third-order valence-corrected chi connectivity index (χ3v) is 3.25. The Morgan fingerprint density at radius 1 is 1.56 bits per heavy atom. The first-order valence-corrected chi connectivity index (χ1v) is 5.87. The van der Waals surface area contributed by atoms with Crippen molar-refractivity contribution in [3.63, 3.8) is 0 Å². The number of ether oxygens (including phenoxy) is 2. The first-order chi connectivity index (χ1) is 8.67. The van der Waals surface area contributed by atoms with Crippen molar-refractivity contribution in [3.05, 3.63) is 23.7 Å². The van der Waals surface area contributed by atoms with E-state index in [1.807, 2.05) is 0 Å². The van der Waals surface area contributed by atoms with Gasteiger partial charge in [0.1, 0.15) is 17.9 Å². The van der Waals surface area contributed by atoms with Gasteiger partial charge >= 0.3 is 5.97 Å². The van der Waals surface area contributed by atoms with Crippen molar-refractivity contribution in [3.8, 4) is 6.07 Å². The lowest BCUT2D eigenvalue weighted by atomic mass is 9.83. The molecule has 5 heteroatoms. The lowest BCUT2D eigenvalue weighted by molar-refractivity contribution is -0.00475. The summed E-state index contributed by atoms with van der Waals surface area (Å²) < 4.78 is 15.5. The van der Waals surface area contributed by atoms with Gasteiger partial charge in [0.15, 0.2) is 0 Å². The summed E-state index contributed by atoms with van der Waals surface area (Å²) in [6.07, 6.45) is 2.64. The van der Waals surface area contributed by atoms with Crippen molar-refractivity contribution in [1.29, 1.82) is 5.26 Å². The first-order valence-electron chi connectivity index (χ1n) is 5.87. The lowest BCUT2D eigenvalue weighted by Crippen LogP contribution is -2.33. The van der Waals surface area contributed by atoms with Gasteiger partial charge < -0.3 is 13.9 Å². The van der Waals surface area contributed by atoms with Crippen LogP contribution in [-0.2, 0) is 9.47 Å². The second-order valence-electron chi connectivity index (χ2n) is 4.47. The van der Waals surface area contributed by atoms with Crippen LogP contribution in [0.15, 0.2) is 16.7 Å². The van der Waals surface area contributed by atoms with Crippen LogP contribution in [0.25, 0.3) is 0 Å². The number of hydrogen-bond acceptors (Lipinski definition) is 5. The van der Waals surface area contributed by atoms with Crippen molar-refractivity contribution in [2.24, 2.45) is 5.41 Å². The van der Waals surface area contributed by atoms with Crippen molar-refractivity contribution < 1.29 is 18.7 Å². The lowest BCUT2D eigenvalue weighted by Gasteiger charge is -2.29. The highest BCUT2D eigenvalue weighted by Gasteiger charge is 2.34. The maximum atomic E-state index is 11.8. The zero-order valence-corrected chi connectivity index (χ0v) is 10.3. The second kappa shape index (κ2) is 5.23. The number of carbonyl (C=O) groups is 1. The maximum Gasteiger partial charge on any atom is 0.341 e. The Labute approximate surface area is 105 Å². The van der Waals surface area contributed by atoms with Gasteiger partial charge in [-0.3, -0.25) is 0 Å². The summed E-state index contributed by atoms with van der Waals surface area (Å²) in [6.45, 7) is 2.88. The van der Waals surface area contributed by atoms with Crippen LogP contribution in [0.2, 0.25) is 0 Å². The summed E-state index contributed by atoms with van der Waals surface area (Å²) in [4.78, 5) is 11.8. The molecule has 0 aromatic carbocycles. The molecule has 2 heterocycles. The van der Waals surface area contributed by atoms with Crippen molar-refractivity contribution in [2.75, 3.05) is 19.8 Å². The van der Waals surface area contributed by atoms with Crippen LogP contribution in [0.4, 0.5) is 0 Å². The Kier molecular flexibility index (Phi) is 3.68. The van der Waals surface area contributed by atoms with E-state index in [9.17, 15) is 10.1 Å². The second-order valence-corrected chi connectivity index (χ2v) is 4.47. The van der Waals surface area contributed by atoms with E-state index < -0.39 is 11.4 Å². The van der Waals surface area contributed by atoms with Crippen LogP contribution >= 0.6 is 0 Å². The van der Waals surface area contributed by atoms with Crippen molar-refractivity contribution in [1.82, 2.24) is 0 Å². The largest absolute Gasteiger partial charge is 0.469 e. The Bertz CT molecular complexity index is 466. The quantitative estimate of drug-likeness (QED) is 0.767. The van der Waals surface area contributed by atoms with E-state index in [2.05, 4.69) is 6.07 Å². The van der Waals surface area contributed by atoms with Crippen LogP contribution in [0.5, 0.6) is 0 Å². The van der Waals surface area contributed by atoms with Gasteiger partial charge in [0.2, 0.25) is 0 Å². The van der Waals surface area contributed by atoms with Gasteiger partial charge in [-0.2, -0.15) is 5.26 Å². The number of furan rings is 1. The fraction of sp³-hybridized carbons (Fsp3) is 0.538. The molecule has 0 saturated carbocycles. The predicted molar refractivity (Wildman–Crippen MR) is 61.8 cm³/mol. The number of nitriles is 1. The number of nitrogens with zero attached hydrogens (tertiary/aromatic N) is 1. The molecule has 1 aromatic heterocycles. The monoisotopic (exact) mass is 249 g/mol. The summed E-state index contributed by atoms with van der Waals surface area (Å²) >= 11 is 0. The number of aryl methyl sites for hydroxylation is 1. The minimum atomic E-state index is -0.606. The molecule has 0 atom stereocenters. The maximum absolute atomic E-state index is 11.8. The number of hydrogen-bond donors (Lipinski definition) is 0. The fourth-order valence-corrected chi connectivity index (χ4v) is 1.93. The van der Waals surface area contributed by atoms with Gasteiger partial charge in [0.05, 0.1) is 17.7 Å². The van der Waals surface area contributed by atoms with Crippen LogP contribution in [0.1, 0.15) is 29.0 Å². The predicted octanol–water partition coefficient (Wildman–Crippen LogP) is 2.07. The van der Waals surface area contributed by atoms with Crippen LogP contribution in [0, 0.1) is 23.7 Å². The molecule has 0 unspecified atom stereocenters. The molecule has 2 rings (SSSR count). The molecule has 1 aliphatic rings. The van der Waals surface area contributed by atoms with E-state index in [0.29, 0.717) is 37.4 Å². The van der Waals surface area contributed by atoms with E-state index in [4.69, 9.17) is 13.9 Å². The molecule has 0 bridgehead atoms. The van der Waals surface area contributed by atoms with Gasteiger partial charge in [-0.05, 0) is 25.8 Å². The average molecular weight is 249 g/mol.